The highest BCUT2D eigenvalue weighted by atomic mass is 16.5. The van der Waals surface area contributed by atoms with Crippen molar-refractivity contribution in [3.63, 3.8) is 0 Å². The third-order valence-electron chi connectivity index (χ3n) is 3.23. The summed E-state index contributed by atoms with van der Waals surface area (Å²) >= 11 is 0. The van der Waals surface area contributed by atoms with E-state index in [2.05, 4.69) is 30.5 Å². The van der Waals surface area contributed by atoms with Gasteiger partial charge in [0.1, 0.15) is 0 Å². The molecule has 16 heavy (non-hydrogen) atoms. The Labute approximate surface area is 96.4 Å². The number of aliphatic hydroxyl groups excluding tert-OH is 1. The van der Waals surface area contributed by atoms with Gasteiger partial charge in [-0.25, -0.2) is 0 Å². The van der Waals surface area contributed by atoms with E-state index in [0.717, 1.165) is 37.3 Å². The first-order valence-electron chi connectivity index (χ1n) is 5.99. The molecule has 0 saturated carbocycles. The molecule has 1 fully saturated rings. The molecule has 4 heteroatoms. The van der Waals surface area contributed by atoms with Gasteiger partial charge in [0.15, 0.2) is 6.23 Å². The zero-order chi connectivity index (χ0) is 11.5. The summed E-state index contributed by atoms with van der Waals surface area (Å²) in [5.41, 5.74) is 4.89. The fourth-order valence-corrected chi connectivity index (χ4v) is 2.16. The van der Waals surface area contributed by atoms with Gasteiger partial charge in [0.2, 0.25) is 0 Å². The lowest BCUT2D eigenvalue weighted by molar-refractivity contribution is 0.0637. The standard InChI is InChI=1S/C12H20N2O2/c1-8(2)11-7-10(12(15)14-13-11)9-3-5-16-6-4-9/h7-9,12,14-15H,3-6H2,1-2H3. The maximum atomic E-state index is 9.89. The molecular weight excluding hydrogens is 204 g/mol. The SMILES string of the molecule is CC(C)C1=NNC(O)C(C2CCOCC2)=C1. The summed E-state index contributed by atoms with van der Waals surface area (Å²) in [6, 6.07) is 0. The maximum Gasteiger partial charge on any atom is 0.162 e. The molecule has 2 aliphatic rings. The van der Waals surface area contributed by atoms with Gasteiger partial charge < -0.3 is 9.84 Å². The van der Waals surface area contributed by atoms with Crippen molar-refractivity contribution in [3.05, 3.63) is 11.6 Å². The van der Waals surface area contributed by atoms with Gasteiger partial charge in [-0.05, 0) is 36.3 Å². The Morgan fingerprint density at radius 3 is 2.75 bits per heavy atom. The van der Waals surface area contributed by atoms with E-state index >= 15 is 0 Å². The van der Waals surface area contributed by atoms with Crippen LogP contribution in [0, 0.1) is 11.8 Å². The van der Waals surface area contributed by atoms with Gasteiger partial charge in [-0.2, -0.15) is 5.10 Å². The van der Waals surface area contributed by atoms with E-state index in [4.69, 9.17) is 4.74 Å². The summed E-state index contributed by atoms with van der Waals surface area (Å²) in [6.45, 7) is 5.80. The number of hydrogen-bond acceptors (Lipinski definition) is 4. The van der Waals surface area contributed by atoms with Crippen LogP contribution in [0.4, 0.5) is 0 Å². The molecule has 0 aliphatic carbocycles. The van der Waals surface area contributed by atoms with E-state index < -0.39 is 6.23 Å². The molecule has 0 aromatic rings. The minimum Gasteiger partial charge on any atom is -0.381 e. The van der Waals surface area contributed by atoms with Crippen molar-refractivity contribution < 1.29 is 9.84 Å². The van der Waals surface area contributed by atoms with Crippen LogP contribution in [0.15, 0.2) is 16.8 Å². The molecule has 1 atom stereocenters. The molecule has 2 aliphatic heterocycles. The lowest BCUT2D eigenvalue weighted by atomic mass is 9.87. The third-order valence-corrected chi connectivity index (χ3v) is 3.23. The predicted molar refractivity (Wildman–Crippen MR) is 63.0 cm³/mol. The molecule has 0 amide bonds. The minimum atomic E-state index is -0.620. The van der Waals surface area contributed by atoms with Gasteiger partial charge in [0.25, 0.3) is 0 Å². The lowest BCUT2D eigenvalue weighted by Gasteiger charge is -2.30. The van der Waals surface area contributed by atoms with Crippen LogP contribution in [0.1, 0.15) is 26.7 Å². The molecule has 0 aromatic heterocycles. The molecule has 1 saturated heterocycles. The van der Waals surface area contributed by atoms with E-state index in [1.54, 1.807) is 0 Å². The van der Waals surface area contributed by atoms with Crippen molar-refractivity contribution in [2.45, 2.75) is 32.9 Å². The van der Waals surface area contributed by atoms with Gasteiger partial charge in [0.05, 0.1) is 5.71 Å². The Balaban J connectivity index is 2.13. The van der Waals surface area contributed by atoms with Crippen LogP contribution in [0.25, 0.3) is 0 Å². The van der Waals surface area contributed by atoms with Crippen LogP contribution >= 0.6 is 0 Å². The number of allylic oxidation sites excluding steroid dienone is 1. The zero-order valence-corrected chi connectivity index (χ0v) is 9.94. The van der Waals surface area contributed by atoms with E-state index in [1.165, 1.54) is 0 Å². The predicted octanol–water partition coefficient (Wildman–Crippen LogP) is 1.27. The average Bonchev–Trinajstić information content (AvgIpc) is 2.30. The van der Waals surface area contributed by atoms with Gasteiger partial charge in [-0.15, -0.1) is 0 Å². The summed E-state index contributed by atoms with van der Waals surface area (Å²) in [5.74, 6) is 0.815. The first-order chi connectivity index (χ1) is 7.68. The Morgan fingerprint density at radius 2 is 2.12 bits per heavy atom. The quantitative estimate of drug-likeness (QED) is 0.742. The third kappa shape index (κ3) is 2.44. The number of rotatable bonds is 2. The number of hydrogen-bond donors (Lipinski definition) is 2. The molecule has 2 N–H and O–H groups in total. The number of nitrogens with zero attached hydrogens (tertiary/aromatic N) is 1. The highest BCUT2D eigenvalue weighted by Crippen LogP contribution is 2.27. The van der Waals surface area contributed by atoms with Crippen LogP contribution in [-0.2, 0) is 4.74 Å². The van der Waals surface area contributed by atoms with Crippen LogP contribution in [0.5, 0.6) is 0 Å². The molecule has 0 spiro atoms. The molecule has 4 nitrogen and oxygen atoms in total. The fraction of sp³-hybridized carbons (Fsp3) is 0.750. The number of nitrogens with one attached hydrogen (secondary N) is 1. The summed E-state index contributed by atoms with van der Waals surface area (Å²) in [6.07, 6.45) is 3.43. The van der Waals surface area contributed by atoms with Gasteiger partial charge in [0, 0.05) is 13.2 Å². The largest absolute Gasteiger partial charge is 0.381 e. The summed E-state index contributed by atoms with van der Waals surface area (Å²) in [4.78, 5) is 0. The van der Waals surface area contributed by atoms with Crippen molar-refractivity contribution in [2.75, 3.05) is 13.2 Å². The average molecular weight is 224 g/mol. The van der Waals surface area contributed by atoms with Crippen molar-refractivity contribution in [1.29, 1.82) is 0 Å². The zero-order valence-electron chi connectivity index (χ0n) is 9.94. The minimum absolute atomic E-state index is 0.384. The van der Waals surface area contributed by atoms with Crippen molar-refractivity contribution in [2.24, 2.45) is 16.9 Å². The fourth-order valence-electron chi connectivity index (χ4n) is 2.16. The number of ether oxygens (including phenoxy) is 1. The van der Waals surface area contributed by atoms with Crippen LogP contribution < -0.4 is 5.43 Å². The summed E-state index contributed by atoms with van der Waals surface area (Å²) in [7, 11) is 0. The van der Waals surface area contributed by atoms with Gasteiger partial charge in [-0.3, -0.25) is 5.43 Å². The first-order valence-corrected chi connectivity index (χ1v) is 5.99. The number of aliphatic hydroxyl groups is 1. The molecule has 2 rings (SSSR count). The van der Waals surface area contributed by atoms with Gasteiger partial charge >= 0.3 is 0 Å². The van der Waals surface area contributed by atoms with Crippen LogP contribution in [-0.4, -0.2) is 30.3 Å². The first kappa shape index (κ1) is 11.6. The van der Waals surface area contributed by atoms with E-state index in [-0.39, 0.29) is 0 Å². The van der Waals surface area contributed by atoms with E-state index in [0.29, 0.717) is 11.8 Å². The molecule has 0 bridgehead atoms. The van der Waals surface area contributed by atoms with Crippen molar-refractivity contribution in [3.8, 4) is 0 Å². The second kappa shape index (κ2) is 4.97. The van der Waals surface area contributed by atoms with Crippen LogP contribution in [0.2, 0.25) is 0 Å². The lowest BCUT2D eigenvalue weighted by Crippen LogP contribution is -2.36. The molecule has 90 valence electrons. The van der Waals surface area contributed by atoms with E-state index in [1.807, 2.05) is 0 Å². The highest BCUT2D eigenvalue weighted by Gasteiger charge is 2.26. The Morgan fingerprint density at radius 1 is 1.44 bits per heavy atom. The monoisotopic (exact) mass is 224 g/mol. The Kier molecular flexibility index (Phi) is 3.61. The van der Waals surface area contributed by atoms with Crippen molar-refractivity contribution >= 4 is 5.71 Å². The molecular formula is C12H20N2O2. The summed E-state index contributed by atoms with van der Waals surface area (Å²) < 4.78 is 5.34. The Bertz CT molecular complexity index is 304. The normalized spacial score (nSPS) is 27.4. The van der Waals surface area contributed by atoms with Gasteiger partial charge in [-0.1, -0.05) is 13.8 Å². The second-order valence-electron chi connectivity index (χ2n) is 4.75. The van der Waals surface area contributed by atoms with E-state index in [9.17, 15) is 5.11 Å². The maximum absolute atomic E-state index is 9.89. The summed E-state index contributed by atoms with van der Waals surface area (Å²) in [5, 5.41) is 14.1. The van der Waals surface area contributed by atoms with Crippen molar-refractivity contribution in [1.82, 2.24) is 5.43 Å². The van der Waals surface area contributed by atoms with Crippen LogP contribution in [0.3, 0.4) is 0 Å². The highest BCUT2D eigenvalue weighted by molar-refractivity contribution is 5.97. The molecule has 0 radical (unpaired) electrons. The molecule has 2 heterocycles. The Hall–Kier alpha value is -0.870. The topological polar surface area (TPSA) is 53.9 Å². The second-order valence-corrected chi connectivity index (χ2v) is 4.75. The number of hydrazone groups is 1. The molecule has 1 unspecified atom stereocenters. The smallest absolute Gasteiger partial charge is 0.162 e. The molecule has 0 aromatic carbocycles.